The predicted molar refractivity (Wildman–Crippen MR) is 110 cm³/mol. The summed E-state index contributed by atoms with van der Waals surface area (Å²) in [4.78, 5) is 36.5. The van der Waals surface area contributed by atoms with Crippen LogP contribution in [-0.4, -0.2) is 29.5 Å². The number of esters is 1. The van der Waals surface area contributed by atoms with Crippen molar-refractivity contribution < 1.29 is 19.1 Å². The number of thioether (sulfide) groups is 1. The summed E-state index contributed by atoms with van der Waals surface area (Å²) < 4.78 is 6.24. The molecule has 0 fully saturated rings. The average Bonchev–Trinajstić information content (AvgIpc) is 2.60. The van der Waals surface area contributed by atoms with E-state index in [1.165, 1.54) is 18.7 Å². The number of Topliss-reactive ketones (excluding diaryl/α,β-unsaturated/α-hetero) is 1. The lowest BCUT2D eigenvalue weighted by Gasteiger charge is -2.13. The number of hydrogen-bond donors (Lipinski definition) is 1. The van der Waals surface area contributed by atoms with E-state index in [-0.39, 0.29) is 17.4 Å². The number of rotatable bonds is 7. The van der Waals surface area contributed by atoms with E-state index in [0.717, 1.165) is 14.9 Å². The Morgan fingerprint density at radius 3 is 2.41 bits per heavy atom. The van der Waals surface area contributed by atoms with E-state index >= 15 is 0 Å². The zero-order valence-corrected chi connectivity index (χ0v) is 17.6. The van der Waals surface area contributed by atoms with Crippen molar-refractivity contribution in [1.29, 1.82) is 0 Å². The lowest BCUT2D eigenvalue weighted by atomic mass is 10.1. The van der Waals surface area contributed by atoms with Crippen molar-refractivity contribution in [3.63, 3.8) is 0 Å². The number of benzene rings is 2. The van der Waals surface area contributed by atoms with Gasteiger partial charge in [0, 0.05) is 27.5 Å². The van der Waals surface area contributed by atoms with Crippen molar-refractivity contribution in [2.75, 3.05) is 11.1 Å². The minimum Gasteiger partial charge on any atom is -0.454 e. The summed E-state index contributed by atoms with van der Waals surface area (Å²) in [5, 5.41) is 2.63. The molecule has 7 heteroatoms. The van der Waals surface area contributed by atoms with Gasteiger partial charge in [0.1, 0.15) is 0 Å². The summed E-state index contributed by atoms with van der Waals surface area (Å²) in [7, 11) is 0. The second kappa shape index (κ2) is 9.71. The lowest BCUT2D eigenvalue weighted by Crippen LogP contribution is -2.25. The van der Waals surface area contributed by atoms with Gasteiger partial charge in [-0.2, -0.15) is 0 Å². The Labute approximate surface area is 171 Å². The molecule has 1 unspecified atom stereocenters. The highest BCUT2D eigenvalue weighted by Crippen LogP contribution is 2.25. The molecule has 5 nitrogen and oxygen atoms in total. The number of ether oxygens (including phenoxy) is 1. The Morgan fingerprint density at radius 1 is 1.15 bits per heavy atom. The molecule has 142 valence electrons. The number of halogens is 1. The first-order chi connectivity index (χ1) is 12.8. The van der Waals surface area contributed by atoms with E-state index in [2.05, 4.69) is 21.2 Å². The van der Waals surface area contributed by atoms with Crippen molar-refractivity contribution in [2.45, 2.75) is 31.8 Å². The second-order valence-electron chi connectivity index (χ2n) is 5.95. The zero-order valence-electron chi connectivity index (χ0n) is 15.2. The van der Waals surface area contributed by atoms with E-state index in [1.807, 2.05) is 25.1 Å². The van der Waals surface area contributed by atoms with Gasteiger partial charge in [-0.05, 0) is 61.9 Å². The monoisotopic (exact) mass is 449 g/mol. The van der Waals surface area contributed by atoms with E-state index < -0.39 is 12.1 Å². The molecule has 0 aliphatic heterocycles. The third kappa shape index (κ3) is 6.52. The molecule has 0 heterocycles. The fourth-order valence-electron chi connectivity index (χ4n) is 2.35. The van der Waals surface area contributed by atoms with Crippen LogP contribution in [0.3, 0.4) is 0 Å². The van der Waals surface area contributed by atoms with Gasteiger partial charge in [-0.15, -0.1) is 11.8 Å². The summed E-state index contributed by atoms with van der Waals surface area (Å²) >= 11 is 4.78. The number of amides is 1. The molecule has 0 aromatic heterocycles. The zero-order chi connectivity index (χ0) is 20.0. The van der Waals surface area contributed by atoms with Crippen LogP contribution in [-0.2, 0) is 14.3 Å². The van der Waals surface area contributed by atoms with E-state index in [9.17, 15) is 14.4 Å². The fraction of sp³-hybridized carbons (Fsp3) is 0.250. The van der Waals surface area contributed by atoms with Crippen LogP contribution in [0.15, 0.2) is 51.8 Å². The van der Waals surface area contributed by atoms with Gasteiger partial charge in [0.15, 0.2) is 6.10 Å². The molecular formula is C20H20BrNO4S. The number of carbonyl (C=O) groups is 3. The third-order valence-corrected chi connectivity index (χ3v) is 5.29. The molecule has 2 aromatic carbocycles. The maximum atomic E-state index is 12.4. The van der Waals surface area contributed by atoms with Crippen LogP contribution in [0.2, 0.25) is 0 Å². The maximum absolute atomic E-state index is 12.4. The highest BCUT2D eigenvalue weighted by molar-refractivity contribution is 9.10. The predicted octanol–water partition coefficient (Wildman–Crippen LogP) is 4.62. The largest absolute Gasteiger partial charge is 0.454 e. The Morgan fingerprint density at radius 2 is 1.81 bits per heavy atom. The summed E-state index contributed by atoms with van der Waals surface area (Å²) in [6.45, 7) is 4.93. The van der Waals surface area contributed by atoms with Crippen molar-refractivity contribution in [3.05, 3.63) is 58.1 Å². The van der Waals surface area contributed by atoms with Gasteiger partial charge in [-0.1, -0.05) is 15.9 Å². The van der Waals surface area contributed by atoms with Gasteiger partial charge in [0.25, 0.3) is 0 Å². The molecule has 0 spiro atoms. The molecule has 1 atom stereocenters. The van der Waals surface area contributed by atoms with Crippen LogP contribution in [0.25, 0.3) is 0 Å². The van der Waals surface area contributed by atoms with E-state index in [4.69, 9.17) is 4.74 Å². The standard InChI is InChI=1S/C20H20BrNO4S/c1-12-10-16(21)6-9-18(12)27-11-19(24)26-13(2)20(25)15-4-7-17(8-5-15)22-14(3)23/h4-10,13H,11H2,1-3H3,(H,22,23). The summed E-state index contributed by atoms with van der Waals surface area (Å²) in [5.41, 5.74) is 2.08. The van der Waals surface area contributed by atoms with Gasteiger partial charge in [-0.25, -0.2) is 0 Å². The van der Waals surface area contributed by atoms with Crippen LogP contribution < -0.4 is 5.32 Å². The minimum atomic E-state index is -0.879. The summed E-state index contributed by atoms with van der Waals surface area (Å²) in [6, 6.07) is 12.3. The number of ketones is 1. The smallest absolute Gasteiger partial charge is 0.316 e. The van der Waals surface area contributed by atoms with Gasteiger partial charge in [0.2, 0.25) is 11.7 Å². The highest BCUT2D eigenvalue weighted by atomic mass is 79.9. The summed E-state index contributed by atoms with van der Waals surface area (Å²) in [5.74, 6) is -0.794. The third-order valence-electron chi connectivity index (χ3n) is 3.65. The fourth-order valence-corrected chi connectivity index (χ4v) is 3.62. The second-order valence-corrected chi connectivity index (χ2v) is 7.89. The molecule has 1 amide bonds. The molecule has 2 aromatic rings. The van der Waals surface area contributed by atoms with E-state index in [1.54, 1.807) is 31.2 Å². The topological polar surface area (TPSA) is 72.5 Å². The number of anilines is 1. The van der Waals surface area contributed by atoms with Crippen LogP contribution >= 0.6 is 27.7 Å². The molecule has 0 radical (unpaired) electrons. The van der Waals surface area contributed by atoms with Crippen LogP contribution in [0.1, 0.15) is 29.8 Å². The van der Waals surface area contributed by atoms with Crippen LogP contribution in [0.5, 0.6) is 0 Å². The first-order valence-corrected chi connectivity index (χ1v) is 10.0. The molecule has 27 heavy (non-hydrogen) atoms. The molecule has 0 aliphatic carbocycles. The van der Waals surface area contributed by atoms with Crippen molar-refractivity contribution in [3.8, 4) is 0 Å². The van der Waals surface area contributed by atoms with Crippen LogP contribution in [0.4, 0.5) is 5.69 Å². The maximum Gasteiger partial charge on any atom is 0.316 e. The van der Waals surface area contributed by atoms with Gasteiger partial charge in [-0.3, -0.25) is 14.4 Å². The molecule has 0 aliphatic rings. The Balaban J connectivity index is 1.89. The van der Waals surface area contributed by atoms with Gasteiger partial charge < -0.3 is 10.1 Å². The molecule has 0 saturated carbocycles. The van der Waals surface area contributed by atoms with Crippen molar-refractivity contribution >= 4 is 51.0 Å². The Bertz CT molecular complexity index is 852. The Hall–Kier alpha value is -2.12. The molecule has 0 saturated heterocycles. The summed E-state index contributed by atoms with van der Waals surface area (Å²) in [6.07, 6.45) is -0.879. The number of aryl methyl sites for hydroxylation is 1. The van der Waals surface area contributed by atoms with Gasteiger partial charge >= 0.3 is 5.97 Å². The SMILES string of the molecule is CC(=O)Nc1ccc(C(=O)C(C)OC(=O)CSc2ccc(Br)cc2C)cc1. The number of carbonyl (C=O) groups excluding carboxylic acids is 3. The molecule has 1 N–H and O–H groups in total. The minimum absolute atomic E-state index is 0.127. The first-order valence-electron chi connectivity index (χ1n) is 8.26. The first kappa shape index (κ1) is 21.2. The van der Waals surface area contributed by atoms with Crippen molar-refractivity contribution in [2.24, 2.45) is 0 Å². The Kier molecular flexibility index (Phi) is 7.62. The normalized spacial score (nSPS) is 11.6. The number of nitrogens with one attached hydrogen (secondary N) is 1. The molecular weight excluding hydrogens is 430 g/mol. The average molecular weight is 450 g/mol. The number of hydrogen-bond acceptors (Lipinski definition) is 5. The van der Waals surface area contributed by atoms with Crippen LogP contribution in [0, 0.1) is 6.92 Å². The van der Waals surface area contributed by atoms with Crippen molar-refractivity contribution in [1.82, 2.24) is 0 Å². The quantitative estimate of drug-likeness (QED) is 0.379. The lowest BCUT2D eigenvalue weighted by molar-refractivity contribution is -0.143. The van der Waals surface area contributed by atoms with E-state index in [0.29, 0.717) is 11.3 Å². The molecule has 0 bridgehead atoms. The highest BCUT2D eigenvalue weighted by Gasteiger charge is 2.19. The molecule has 2 rings (SSSR count). The van der Waals surface area contributed by atoms with Gasteiger partial charge in [0.05, 0.1) is 5.75 Å².